The predicted octanol–water partition coefficient (Wildman–Crippen LogP) is 2.57. The van der Waals surface area contributed by atoms with E-state index in [1.807, 2.05) is 32.0 Å². The molecule has 0 bridgehead atoms. The molecule has 1 aromatic carbocycles. The van der Waals surface area contributed by atoms with Gasteiger partial charge in [-0.3, -0.25) is 9.59 Å². The molecular weight excluding hydrogens is 264 g/mol. The minimum atomic E-state index is 0.00148. The maximum atomic E-state index is 11.9. The minimum Gasteiger partial charge on any atom is -0.354 e. The molecule has 1 saturated carbocycles. The van der Waals surface area contributed by atoms with E-state index in [9.17, 15) is 9.59 Å². The molecule has 1 N–H and O–H groups in total. The van der Waals surface area contributed by atoms with Crippen molar-refractivity contribution in [3.63, 3.8) is 0 Å². The van der Waals surface area contributed by atoms with Gasteiger partial charge in [0.25, 0.3) is 0 Å². The summed E-state index contributed by atoms with van der Waals surface area (Å²) in [6, 6.07) is 6.08. The second kappa shape index (κ2) is 6.74. The first-order chi connectivity index (χ1) is 9.99. The van der Waals surface area contributed by atoms with E-state index in [1.165, 1.54) is 0 Å². The lowest BCUT2D eigenvalue weighted by atomic mass is 9.85. The highest BCUT2D eigenvalue weighted by Gasteiger charge is 2.25. The number of aryl methyl sites for hydroxylation is 2. The van der Waals surface area contributed by atoms with Crippen molar-refractivity contribution in [3.8, 4) is 0 Å². The Hall–Kier alpha value is -1.84. The first-order valence-electron chi connectivity index (χ1n) is 7.62. The molecule has 1 aliphatic carbocycles. The van der Waals surface area contributed by atoms with Crippen LogP contribution < -0.4 is 10.2 Å². The Morgan fingerprint density at radius 2 is 2.00 bits per heavy atom. The number of hydrogen-bond donors (Lipinski definition) is 1. The van der Waals surface area contributed by atoms with E-state index in [4.69, 9.17) is 0 Å². The number of nitrogens with zero attached hydrogens (tertiary/aromatic N) is 1. The molecule has 1 aliphatic rings. The molecule has 21 heavy (non-hydrogen) atoms. The summed E-state index contributed by atoms with van der Waals surface area (Å²) in [5.74, 6) is 0.323. The van der Waals surface area contributed by atoms with Crippen molar-refractivity contribution >= 4 is 17.5 Å². The lowest BCUT2D eigenvalue weighted by Crippen LogP contribution is -2.41. The molecule has 0 atom stereocenters. The van der Waals surface area contributed by atoms with Gasteiger partial charge in [-0.25, -0.2) is 0 Å². The highest BCUT2D eigenvalue weighted by molar-refractivity contribution is 5.92. The van der Waals surface area contributed by atoms with Gasteiger partial charge in [-0.15, -0.1) is 0 Å². The first kappa shape index (κ1) is 15.5. The van der Waals surface area contributed by atoms with Gasteiger partial charge in [-0.05, 0) is 43.9 Å². The SMILES string of the molecule is CC(=O)N(CCNC(=O)C1CCC1)c1cc(C)ccc1C. The average Bonchev–Trinajstić information content (AvgIpc) is 2.35. The summed E-state index contributed by atoms with van der Waals surface area (Å²) in [7, 11) is 0. The molecule has 114 valence electrons. The summed E-state index contributed by atoms with van der Waals surface area (Å²) in [5, 5.41) is 2.94. The van der Waals surface area contributed by atoms with Crippen LogP contribution in [0, 0.1) is 19.8 Å². The van der Waals surface area contributed by atoms with Crippen molar-refractivity contribution in [2.45, 2.75) is 40.0 Å². The average molecular weight is 288 g/mol. The molecule has 0 aliphatic heterocycles. The number of amides is 2. The topological polar surface area (TPSA) is 49.4 Å². The Balaban J connectivity index is 1.97. The normalized spacial score (nSPS) is 14.4. The number of carbonyl (C=O) groups is 2. The lowest BCUT2D eigenvalue weighted by Gasteiger charge is -2.26. The van der Waals surface area contributed by atoms with E-state index in [2.05, 4.69) is 5.32 Å². The van der Waals surface area contributed by atoms with Crippen molar-refractivity contribution in [2.24, 2.45) is 5.92 Å². The fraction of sp³-hybridized carbons (Fsp3) is 0.529. The number of anilines is 1. The Labute approximate surface area is 126 Å². The number of hydrogen-bond acceptors (Lipinski definition) is 2. The summed E-state index contributed by atoms with van der Waals surface area (Å²) in [4.78, 5) is 25.5. The van der Waals surface area contributed by atoms with Crippen LogP contribution in [0.1, 0.15) is 37.3 Å². The molecule has 1 fully saturated rings. The maximum absolute atomic E-state index is 11.9. The highest BCUT2D eigenvalue weighted by atomic mass is 16.2. The smallest absolute Gasteiger partial charge is 0.223 e. The van der Waals surface area contributed by atoms with Crippen molar-refractivity contribution in [1.82, 2.24) is 5.32 Å². The van der Waals surface area contributed by atoms with Crippen LogP contribution in [0.15, 0.2) is 18.2 Å². The van der Waals surface area contributed by atoms with Crippen LogP contribution in [0.25, 0.3) is 0 Å². The molecule has 4 nitrogen and oxygen atoms in total. The number of benzene rings is 1. The summed E-state index contributed by atoms with van der Waals surface area (Å²) in [6.07, 6.45) is 3.15. The van der Waals surface area contributed by atoms with E-state index in [1.54, 1.807) is 11.8 Å². The maximum Gasteiger partial charge on any atom is 0.223 e. The van der Waals surface area contributed by atoms with Crippen molar-refractivity contribution in [3.05, 3.63) is 29.3 Å². The molecule has 2 rings (SSSR count). The van der Waals surface area contributed by atoms with Gasteiger partial charge < -0.3 is 10.2 Å². The zero-order valence-corrected chi connectivity index (χ0v) is 13.1. The summed E-state index contributed by atoms with van der Waals surface area (Å²) in [6.45, 7) is 6.59. The largest absolute Gasteiger partial charge is 0.354 e. The second-order valence-electron chi connectivity index (χ2n) is 5.88. The molecule has 1 aromatic rings. The first-order valence-corrected chi connectivity index (χ1v) is 7.62. The minimum absolute atomic E-state index is 0.00148. The zero-order chi connectivity index (χ0) is 15.4. The molecule has 4 heteroatoms. The third-order valence-electron chi connectivity index (χ3n) is 4.15. The van der Waals surface area contributed by atoms with Crippen LogP contribution in [-0.4, -0.2) is 24.9 Å². The van der Waals surface area contributed by atoms with E-state index in [0.717, 1.165) is 36.1 Å². The Morgan fingerprint density at radius 1 is 1.29 bits per heavy atom. The van der Waals surface area contributed by atoms with Crippen LogP contribution in [0.5, 0.6) is 0 Å². The molecule has 0 aromatic heterocycles. The van der Waals surface area contributed by atoms with Gasteiger partial charge >= 0.3 is 0 Å². The van der Waals surface area contributed by atoms with Crippen molar-refractivity contribution in [2.75, 3.05) is 18.0 Å². The second-order valence-corrected chi connectivity index (χ2v) is 5.88. The fourth-order valence-corrected chi connectivity index (χ4v) is 2.56. The lowest BCUT2D eigenvalue weighted by molar-refractivity contribution is -0.127. The molecule has 0 heterocycles. The molecule has 0 spiro atoms. The van der Waals surface area contributed by atoms with E-state index < -0.39 is 0 Å². The Morgan fingerprint density at radius 3 is 2.57 bits per heavy atom. The number of carbonyl (C=O) groups excluding carboxylic acids is 2. The van der Waals surface area contributed by atoms with Crippen LogP contribution >= 0.6 is 0 Å². The van der Waals surface area contributed by atoms with E-state index in [0.29, 0.717) is 13.1 Å². The molecule has 0 unspecified atom stereocenters. The quantitative estimate of drug-likeness (QED) is 0.905. The van der Waals surface area contributed by atoms with Crippen LogP contribution in [0.3, 0.4) is 0 Å². The van der Waals surface area contributed by atoms with Gasteiger partial charge in [0.05, 0.1) is 0 Å². The van der Waals surface area contributed by atoms with Gasteiger partial charge in [0.2, 0.25) is 11.8 Å². The summed E-state index contributed by atoms with van der Waals surface area (Å²) < 4.78 is 0. The molecule has 0 saturated heterocycles. The van der Waals surface area contributed by atoms with Crippen molar-refractivity contribution in [1.29, 1.82) is 0 Å². The van der Waals surface area contributed by atoms with Gasteiger partial charge in [0.15, 0.2) is 0 Å². The molecule has 0 radical (unpaired) electrons. The van der Waals surface area contributed by atoms with Gasteiger partial charge in [0, 0.05) is 31.6 Å². The third-order valence-corrected chi connectivity index (χ3v) is 4.15. The van der Waals surface area contributed by atoms with Gasteiger partial charge in [0.1, 0.15) is 0 Å². The van der Waals surface area contributed by atoms with Crippen LogP contribution in [0.2, 0.25) is 0 Å². The molecule has 2 amide bonds. The van der Waals surface area contributed by atoms with Gasteiger partial charge in [-0.1, -0.05) is 18.6 Å². The standard InChI is InChI=1S/C17H24N2O2/c1-12-7-8-13(2)16(11-12)19(14(3)20)10-9-18-17(21)15-5-4-6-15/h7-8,11,15H,4-6,9-10H2,1-3H3,(H,18,21). The highest BCUT2D eigenvalue weighted by Crippen LogP contribution is 2.26. The molecular formula is C17H24N2O2. The summed E-state index contributed by atoms with van der Waals surface area (Å²) in [5.41, 5.74) is 3.13. The van der Waals surface area contributed by atoms with Crippen LogP contribution in [-0.2, 0) is 9.59 Å². The monoisotopic (exact) mass is 288 g/mol. The fourth-order valence-electron chi connectivity index (χ4n) is 2.56. The van der Waals surface area contributed by atoms with E-state index >= 15 is 0 Å². The number of nitrogens with one attached hydrogen (secondary N) is 1. The third kappa shape index (κ3) is 3.84. The van der Waals surface area contributed by atoms with Crippen LogP contribution in [0.4, 0.5) is 5.69 Å². The number of rotatable bonds is 5. The predicted molar refractivity (Wildman–Crippen MR) is 84.3 cm³/mol. The van der Waals surface area contributed by atoms with E-state index in [-0.39, 0.29) is 17.7 Å². The van der Waals surface area contributed by atoms with Crippen molar-refractivity contribution < 1.29 is 9.59 Å². The zero-order valence-electron chi connectivity index (χ0n) is 13.1. The van der Waals surface area contributed by atoms with Gasteiger partial charge in [-0.2, -0.15) is 0 Å². The Bertz CT molecular complexity index is 536. The Kier molecular flexibility index (Phi) is 4.99. The summed E-state index contributed by atoms with van der Waals surface area (Å²) >= 11 is 0.